The van der Waals surface area contributed by atoms with Crippen molar-refractivity contribution in [2.45, 2.75) is 24.8 Å². The number of piperidine rings is 1. The molecule has 6 heteroatoms. The molecule has 1 aromatic heterocycles. The van der Waals surface area contributed by atoms with Gasteiger partial charge in [-0.3, -0.25) is 4.90 Å². The van der Waals surface area contributed by atoms with Crippen LogP contribution in [0.3, 0.4) is 0 Å². The summed E-state index contributed by atoms with van der Waals surface area (Å²) >= 11 is 0. The van der Waals surface area contributed by atoms with E-state index in [1.807, 2.05) is 0 Å². The van der Waals surface area contributed by atoms with Gasteiger partial charge in [0.15, 0.2) is 5.82 Å². The van der Waals surface area contributed by atoms with Gasteiger partial charge in [-0.2, -0.15) is 0 Å². The molecule has 2 saturated heterocycles. The van der Waals surface area contributed by atoms with Crippen LogP contribution in [-0.4, -0.2) is 60.2 Å². The summed E-state index contributed by atoms with van der Waals surface area (Å²) in [4.78, 5) is 13.0. The van der Waals surface area contributed by atoms with Gasteiger partial charge in [-0.1, -0.05) is 0 Å². The van der Waals surface area contributed by atoms with Crippen molar-refractivity contribution in [3.8, 4) is 0 Å². The number of likely N-dealkylation sites (N-methyl/N-ethyl adjacent to an activating group) is 1. The zero-order valence-electron chi connectivity index (χ0n) is 12.0. The number of nitrogens with zero attached hydrogens (tertiary/aromatic N) is 4. The largest absolute Gasteiger partial charge is 0.339 e. The molecular weight excluding hydrogens is 257 g/mol. The molecular formula is C14H22FN5. The molecule has 0 saturated carbocycles. The lowest BCUT2D eigenvalue weighted by atomic mass is 9.86. The first-order valence-electron chi connectivity index (χ1n) is 7.34. The fourth-order valence-electron chi connectivity index (χ4n) is 3.36. The minimum Gasteiger partial charge on any atom is -0.339 e. The molecule has 0 unspecified atom stereocenters. The highest BCUT2D eigenvalue weighted by Gasteiger charge is 2.39. The number of halogens is 1. The predicted molar refractivity (Wildman–Crippen MR) is 76.3 cm³/mol. The van der Waals surface area contributed by atoms with E-state index in [-0.39, 0.29) is 11.4 Å². The fraction of sp³-hybridized carbons (Fsp3) is 0.714. The number of hydrogen-bond acceptors (Lipinski definition) is 5. The Hall–Kier alpha value is -1.27. The van der Waals surface area contributed by atoms with E-state index in [1.54, 1.807) is 0 Å². The summed E-state index contributed by atoms with van der Waals surface area (Å²) in [6, 6.07) is 0. The first-order valence-corrected chi connectivity index (χ1v) is 7.34. The third-order valence-electron chi connectivity index (χ3n) is 4.64. The van der Waals surface area contributed by atoms with Crippen LogP contribution >= 0.6 is 0 Å². The highest BCUT2D eigenvalue weighted by molar-refractivity contribution is 5.31. The van der Waals surface area contributed by atoms with Gasteiger partial charge in [0, 0.05) is 25.2 Å². The summed E-state index contributed by atoms with van der Waals surface area (Å²) < 4.78 is 13.0. The molecule has 0 aromatic carbocycles. The SMILES string of the molecule is CN1CCCN(c2ncc(F)cn2)CC12CCNCC2. The van der Waals surface area contributed by atoms with Gasteiger partial charge in [-0.25, -0.2) is 14.4 Å². The van der Waals surface area contributed by atoms with E-state index in [9.17, 15) is 4.39 Å². The number of rotatable bonds is 1. The van der Waals surface area contributed by atoms with Crippen LogP contribution in [0.2, 0.25) is 0 Å². The van der Waals surface area contributed by atoms with Crippen LogP contribution in [0.25, 0.3) is 0 Å². The lowest BCUT2D eigenvalue weighted by molar-refractivity contribution is 0.0978. The van der Waals surface area contributed by atoms with E-state index in [0.29, 0.717) is 5.95 Å². The normalized spacial score (nSPS) is 23.8. The van der Waals surface area contributed by atoms with Crippen molar-refractivity contribution in [3.05, 3.63) is 18.2 Å². The van der Waals surface area contributed by atoms with E-state index in [2.05, 4.69) is 32.1 Å². The molecule has 5 nitrogen and oxygen atoms in total. The molecule has 0 bridgehead atoms. The number of nitrogens with one attached hydrogen (secondary N) is 1. The number of anilines is 1. The van der Waals surface area contributed by atoms with Crippen LogP contribution < -0.4 is 10.2 Å². The quantitative estimate of drug-likeness (QED) is 0.827. The zero-order chi connectivity index (χ0) is 14.0. The van der Waals surface area contributed by atoms with Gasteiger partial charge in [0.25, 0.3) is 0 Å². The van der Waals surface area contributed by atoms with Crippen LogP contribution in [0.4, 0.5) is 10.3 Å². The molecule has 1 spiro atoms. The average molecular weight is 279 g/mol. The fourth-order valence-corrected chi connectivity index (χ4v) is 3.36. The standard InChI is InChI=1S/C14H22FN5/c1-19-7-2-8-20(13-17-9-12(15)10-18-13)11-14(19)3-5-16-6-4-14/h9-10,16H,2-8,11H2,1H3. The summed E-state index contributed by atoms with van der Waals surface area (Å²) in [5.41, 5.74) is 0.194. The molecule has 110 valence electrons. The Balaban J connectivity index is 1.83. The summed E-state index contributed by atoms with van der Waals surface area (Å²) in [6.07, 6.45) is 5.88. The van der Waals surface area contributed by atoms with Crippen molar-refractivity contribution in [3.63, 3.8) is 0 Å². The predicted octanol–water partition coefficient (Wildman–Crippen LogP) is 0.880. The summed E-state index contributed by atoms with van der Waals surface area (Å²) in [7, 11) is 2.22. The Bertz CT molecular complexity index is 443. The van der Waals surface area contributed by atoms with Crippen LogP contribution in [0, 0.1) is 5.82 Å². The second kappa shape index (κ2) is 5.61. The average Bonchev–Trinajstić information content (AvgIpc) is 2.62. The van der Waals surface area contributed by atoms with Gasteiger partial charge in [0.1, 0.15) is 0 Å². The maximum Gasteiger partial charge on any atom is 0.225 e. The second-order valence-corrected chi connectivity index (χ2v) is 5.87. The van der Waals surface area contributed by atoms with Crippen molar-refractivity contribution >= 4 is 5.95 Å². The molecule has 2 fully saturated rings. The molecule has 2 aliphatic heterocycles. The van der Waals surface area contributed by atoms with Gasteiger partial charge in [0.05, 0.1) is 12.4 Å². The maximum atomic E-state index is 13.0. The molecule has 3 rings (SSSR count). The van der Waals surface area contributed by atoms with Crippen LogP contribution in [-0.2, 0) is 0 Å². The Labute approximate surface area is 119 Å². The monoisotopic (exact) mass is 279 g/mol. The zero-order valence-corrected chi connectivity index (χ0v) is 12.0. The minimum absolute atomic E-state index is 0.194. The van der Waals surface area contributed by atoms with E-state index in [4.69, 9.17) is 0 Å². The van der Waals surface area contributed by atoms with Crippen LogP contribution in [0.15, 0.2) is 12.4 Å². The van der Waals surface area contributed by atoms with Gasteiger partial charge >= 0.3 is 0 Å². The van der Waals surface area contributed by atoms with Crippen molar-refractivity contribution < 1.29 is 4.39 Å². The minimum atomic E-state index is -0.378. The van der Waals surface area contributed by atoms with Gasteiger partial charge in [0.2, 0.25) is 5.95 Å². The third-order valence-corrected chi connectivity index (χ3v) is 4.64. The Morgan fingerprint density at radius 3 is 2.60 bits per heavy atom. The van der Waals surface area contributed by atoms with Crippen LogP contribution in [0.5, 0.6) is 0 Å². The first-order chi connectivity index (χ1) is 9.70. The maximum absolute atomic E-state index is 13.0. The number of hydrogen-bond donors (Lipinski definition) is 1. The van der Waals surface area contributed by atoms with Crippen LogP contribution in [0.1, 0.15) is 19.3 Å². The van der Waals surface area contributed by atoms with Gasteiger partial charge in [-0.15, -0.1) is 0 Å². The molecule has 0 atom stereocenters. The van der Waals surface area contributed by atoms with Gasteiger partial charge in [-0.05, 0) is 39.4 Å². The van der Waals surface area contributed by atoms with E-state index >= 15 is 0 Å². The summed E-state index contributed by atoms with van der Waals surface area (Å²) in [5, 5.41) is 3.43. The van der Waals surface area contributed by atoms with Crippen molar-refractivity contribution in [1.29, 1.82) is 0 Å². The Kier molecular flexibility index (Phi) is 3.85. The molecule has 1 N–H and O–H groups in total. The van der Waals surface area contributed by atoms with Crippen molar-refractivity contribution in [2.75, 3.05) is 44.7 Å². The second-order valence-electron chi connectivity index (χ2n) is 5.87. The Morgan fingerprint density at radius 1 is 1.20 bits per heavy atom. The molecule has 3 heterocycles. The van der Waals surface area contributed by atoms with Crippen molar-refractivity contribution in [2.24, 2.45) is 0 Å². The highest BCUT2D eigenvalue weighted by Crippen LogP contribution is 2.30. The Morgan fingerprint density at radius 2 is 1.90 bits per heavy atom. The molecule has 0 radical (unpaired) electrons. The van der Waals surface area contributed by atoms with E-state index in [1.165, 1.54) is 12.4 Å². The lowest BCUT2D eigenvalue weighted by Gasteiger charge is -2.45. The molecule has 20 heavy (non-hydrogen) atoms. The highest BCUT2D eigenvalue weighted by atomic mass is 19.1. The number of aromatic nitrogens is 2. The molecule has 2 aliphatic rings. The summed E-state index contributed by atoms with van der Waals surface area (Å²) in [5.74, 6) is 0.275. The van der Waals surface area contributed by atoms with E-state index in [0.717, 1.165) is 52.0 Å². The molecule has 1 aromatic rings. The molecule has 0 aliphatic carbocycles. The van der Waals surface area contributed by atoms with Gasteiger partial charge < -0.3 is 10.2 Å². The van der Waals surface area contributed by atoms with E-state index < -0.39 is 0 Å². The first kappa shape index (κ1) is 13.7. The third kappa shape index (κ3) is 2.62. The smallest absolute Gasteiger partial charge is 0.225 e. The lowest BCUT2D eigenvalue weighted by Crippen LogP contribution is -2.57. The molecule has 0 amide bonds. The van der Waals surface area contributed by atoms with Crippen molar-refractivity contribution in [1.82, 2.24) is 20.2 Å². The topological polar surface area (TPSA) is 44.3 Å². The summed E-state index contributed by atoms with van der Waals surface area (Å²) in [6.45, 7) is 5.07.